The fraction of sp³-hybridized carbons (Fsp3) is 0.429. The van der Waals surface area contributed by atoms with E-state index in [0.29, 0.717) is 0 Å². The van der Waals surface area contributed by atoms with E-state index in [1.165, 1.54) is 33.4 Å². The fourth-order valence-corrected chi connectivity index (χ4v) is 2.62. The normalized spacial score (nSPS) is 10.0. The van der Waals surface area contributed by atoms with Crippen LogP contribution in [0.4, 0.5) is 0 Å². The number of hydrogen-bond acceptors (Lipinski definition) is 0. The number of hydrogen-bond donors (Lipinski definition) is 0. The molecule has 0 nitrogen and oxygen atoms in total. The average molecular weight is 282 g/mol. The zero-order chi connectivity index (χ0) is 15.8. The molecule has 114 valence electrons. The third-order valence-corrected chi connectivity index (χ3v) is 4.08. The summed E-state index contributed by atoms with van der Waals surface area (Å²) >= 11 is 0. The first-order chi connectivity index (χ1) is 10.0. The highest BCUT2D eigenvalue weighted by molar-refractivity contribution is 5.31. The molecule has 0 saturated carbocycles. The maximum atomic E-state index is 2.29. The van der Waals surface area contributed by atoms with Crippen molar-refractivity contribution in [3.8, 4) is 0 Å². The molecule has 2 aromatic rings. The Morgan fingerprint density at radius 2 is 1.14 bits per heavy atom. The van der Waals surface area contributed by atoms with E-state index in [2.05, 4.69) is 77.9 Å². The number of benzene rings is 2. The molecule has 0 N–H and O–H groups in total. The molecule has 0 spiro atoms. The first-order valence-electron chi connectivity index (χ1n) is 8.16. The van der Waals surface area contributed by atoms with Gasteiger partial charge in [0.2, 0.25) is 0 Å². The maximum Gasteiger partial charge on any atom is -0.0305 e. The summed E-state index contributed by atoms with van der Waals surface area (Å²) in [5, 5.41) is 0. The summed E-state index contributed by atoms with van der Waals surface area (Å²) in [6.07, 6.45) is 3.44. The van der Waals surface area contributed by atoms with Gasteiger partial charge in [-0.25, -0.2) is 0 Å². The molecular formula is C21H30. The second-order valence-corrected chi connectivity index (χ2v) is 5.75. The van der Waals surface area contributed by atoms with Gasteiger partial charge < -0.3 is 0 Å². The lowest BCUT2D eigenvalue weighted by Crippen LogP contribution is -1.88. The molecule has 2 rings (SSSR count). The minimum Gasteiger partial charge on any atom is -0.0613 e. The summed E-state index contributed by atoms with van der Waals surface area (Å²) in [6.45, 7) is 13.1. The Bertz CT molecular complexity index is 564. The molecule has 0 fully saturated rings. The molecule has 0 aliphatic rings. The smallest absolute Gasteiger partial charge is 0.0305 e. The van der Waals surface area contributed by atoms with E-state index in [0.717, 1.165) is 19.3 Å². The van der Waals surface area contributed by atoms with Crippen molar-refractivity contribution in [1.29, 1.82) is 0 Å². The highest BCUT2D eigenvalue weighted by Gasteiger charge is 1.95. The van der Waals surface area contributed by atoms with E-state index >= 15 is 0 Å². The van der Waals surface area contributed by atoms with Crippen LogP contribution in [0, 0.1) is 20.8 Å². The first-order valence-corrected chi connectivity index (χ1v) is 8.16. The molecule has 0 heteroatoms. The quantitative estimate of drug-likeness (QED) is 0.649. The zero-order valence-corrected chi connectivity index (χ0v) is 14.6. The summed E-state index contributed by atoms with van der Waals surface area (Å²) in [7, 11) is 0. The molecule has 0 aromatic heterocycles. The van der Waals surface area contributed by atoms with E-state index in [1.54, 1.807) is 0 Å². The highest BCUT2D eigenvalue weighted by Crippen LogP contribution is 2.12. The molecule has 0 bridgehead atoms. The standard InChI is InChI=1S/C11H16.C10H14/c1-4-10-6-7-11(5-2)9(3)8-10;1-4-10-6-5-8(2)7-9(10)3/h6-8H,4-5H2,1-3H3;5-7H,4H2,1-3H3. The topological polar surface area (TPSA) is 0 Å². The molecule has 0 amide bonds. The van der Waals surface area contributed by atoms with Crippen LogP contribution < -0.4 is 0 Å². The van der Waals surface area contributed by atoms with Gasteiger partial charge in [0.1, 0.15) is 0 Å². The summed E-state index contributed by atoms with van der Waals surface area (Å²) in [4.78, 5) is 0. The lowest BCUT2D eigenvalue weighted by Gasteiger charge is -2.04. The van der Waals surface area contributed by atoms with Crippen molar-refractivity contribution in [3.05, 3.63) is 69.8 Å². The predicted molar refractivity (Wildman–Crippen MR) is 95.2 cm³/mol. The van der Waals surface area contributed by atoms with E-state index in [9.17, 15) is 0 Å². The molecule has 21 heavy (non-hydrogen) atoms. The molecule has 0 atom stereocenters. The van der Waals surface area contributed by atoms with Crippen LogP contribution in [-0.4, -0.2) is 0 Å². The van der Waals surface area contributed by atoms with Crippen molar-refractivity contribution >= 4 is 0 Å². The van der Waals surface area contributed by atoms with E-state index in [1.807, 2.05) is 0 Å². The molecule has 2 aromatic carbocycles. The van der Waals surface area contributed by atoms with E-state index in [4.69, 9.17) is 0 Å². The molecule has 0 aliphatic carbocycles. The largest absolute Gasteiger partial charge is 0.0613 e. The first kappa shape index (κ1) is 17.5. The van der Waals surface area contributed by atoms with Crippen LogP contribution in [-0.2, 0) is 19.3 Å². The summed E-state index contributed by atoms with van der Waals surface area (Å²) < 4.78 is 0. The summed E-state index contributed by atoms with van der Waals surface area (Å²) in [5.74, 6) is 0. The van der Waals surface area contributed by atoms with Gasteiger partial charge in [-0.1, -0.05) is 62.7 Å². The minimum absolute atomic E-state index is 1.14. The van der Waals surface area contributed by atoms with Crippen molar-refractivity contribution in [3.63, 3.8) is 0 Å². The Morgan fingerprint density at radius 1 is 0.619 bits per heavy atom. The van der Waals surface area contributed by atoms with Gasteiger partial charge in [-0.3, -0.25) is 0 Å². The highest BCUT2D eigenvalue weighted by atomic mass is 14.0. The third-order valence-electron chi connectivity index (χ3n) is 4.08. The van der Waals surface area contributed by atoms with Crippen molar-refractivity contribution in [2.75, 3.05) is 0 Å². The Morgan fingerprint density at radius 3 is 1.57 bits per heavy atom. The van der Waals surface area contributed by atoms with Gasteiger partial charge in [0, 0.05) is 0 Å². The summed E-state index contributed by atoms with van der Waals surface area (Å²) in [5.41, 5.74) is 8.59. The van der Waals surface area contributed by atoms with E-state index in [-0.39, 0.29) is 0 Å². The molecule has 0 unspecified atom stereocenters. The van der Waals surface area contributed by atoms with Gasteiger partial charge in [0.15, 0.2) is 0 Å². The molecule has 0 aliphatic heterocycles. The second-order valence-electron chi connectivity index (χ2n) is 5.75. The Balaban J connectivity index is 0.000000211. The van der Waals surface area contributed by atoms with Crippen LogP contribution in [0.25, 0.3) is 0 Å². The Hall–Kier alpha value is -1.56. The van der Waals surface area contributed by atoms with Gasteiger partial charge >= 0.3 is 0 Å². The van der Waals surface area contributed by atoms with Gasteiger partial charge in [-0.05, 0) is 67.9 Å². The Labute approximate surface area is 131 Å². The molecular weight excluding hydrogens is 252 g/mol. The monoisotopic (exact) mass is 282 g/mol. The third kappa shape index (κ3) is 5.38. The second kappa shape index (κ2) is 8.67. The van der Waals surface area contributed by atoms with E-state index < -0.39 is 0 Å². The van der Waals surface area contributed by atoms with Crippen LogP contribution in [0.5, 0.6) is 0 Å². The molecule has 0 saturated heterocycles. The molecule has 0 heterocycles. The van der Waals surface area contributed by atoms with Crippen LogP contribution in [0.3, 0.4) is 0 Å². The van der Waals surface area contributed by atoms with Crippen LogP contribution in [0.1, 0.15) is 54.2 Å². The van der Waals surface area contributed by atoms with Crippen molar-refractivity contribution < 1.29 is 0 Å². The SMILES string of the molecule is CCc1ccc(C)cc1C.CCc1ccc(CC)c(C)c1. The summed E-state index contributed by atoms with van der Waals surface area (Å²) in [6, 6.07) is 13.4. The Kier molecular flexibility index (Phi) is 7.22. The van der Waals surface area contributed by atoms with Crippen molar-refractivity contribution in [2.24, 2.45) is 0 Å². The molecule has 0 radical (unpaired) electrons. The van der Waals surface area contributed by atoms with Crippen LogP contribution >= 0.6 is 0 Å². The lowest BCUT2D eigenvalue weighted by molar-refractivity contribution is 1.07. The fourth-order valence-electron chi connectivity index (χ4n) is 2.62. The average Bonchev–Trinajstić information content (AvgIpc) is 2.48. The predicted octanol–water partition coefficient (Wildman–Crippen LogP) is 5.99. The van der Waals surface area contributed by atoms with Crippen molar-refractivity contribution in [2.45, 2.75) is 60.8 Å². The van der Waals surface area contributed by atoms with Crippen molar-refractivity contribution in [1.82, 2.24) is 0 Å². The van der Waals surface area contributed by atoms with Crippen LogP contribution in [0.2, 0.25) is 0 Å². The van der Waals surface area contributed by atoms with Gasteiger partial charge in [0.25, 0.3) is 0 Å². The number of aryl methyl sites for hydroxylation is 6. The zero-order valence-electron chi connectivity index (χ0n) is 14.6. The van der Waals surface area contributed by atoms with Gasteiger partial charge in [-0.15, -0.1) is 0 Å². The van der Waals surface area contributed by atoms with Gasteiger partial charge in [0.05, 0.1) is 0 Å². The minimum atomic E-state index is 1.14. The number of rotatable bonds is 3. The lowest BCUT2D eigenvalue weighted by atomic mass is 10.0. The van der Waals surface area contributed by atoms with Gasteiger partial charge in [-0.2, -0.15) is 0 Å². The maximum absolute atomic E-state index is 2.29. The van der Waals surface area contributed by atoms with Crippen LogP contribution in [0.15, 0.2) is 36.4 Å².